The molecule has 19 heavy (non-hydrogen) atoms. The van der Waals surface area contributed by atoms with Crippen LogP contribution in [0.25, 0.3) is 0 Å². The quantitative estimate of drug-likeness (QED) is 0.859. The molecular formula is C15H22BrNO2. The molecule has 1 aromatic carbocycles. The van der Waals surface area contributed by atoms with Gasteiger partial charge in [0.15, 0.2) is 11.5 Å². The van der Waals surface area contributed by atoms with Gasteiger partial charge in [0.05, 0.1) is 18.2 Å². The minimum atomic E-state index is 0.634. The normalized spacial score (nSPS) is 15.7. The molecule has 0 atom stereocenters. The first-order valence-corrected chi connectivity index (χ1v) is 7.76. The molecule has 1 saturated carbocycles. The molecule has 0 bridgehead atoms. The fourth-order valence-electron chi connectivity index (χ4n) is 2.55. The Kier molecular flexibility index (Phi) is 5.52. The van der Waals surface area contributed by atoms with Crippen molar-refractivity contribution in [3.63, 3.8) is 0 Å². The van der Waals surface area contributed by atoms with Crippen molar-refractivity contribution < 1.29 is 9.47 Å². The Bertz CT molecular complexity index is 417. The van der Waals surface area contributed by atoms with E-state index >= 15 is 0 Å². The van der Waals surface area contributed by atoms with Crippen molar-refractivity contribution in [1.29, 1.82) is 0 Å². The Morgan fingerprint density at radius 3 is 2.68 bits per heavy atom. The number of methoxy groups -OCH3 is 1. The lowest BCUT2D eigenvalue weighted by Crippen LogP contribution is -2.25. The highest BCUT2D eigenvalue weighted by atomic mass is 79.9. The summed E-state index contributed by atoms with van der Waals surface area (Å²) in [4.78, 5) is 0. The summed E-state index contributed by atoms with van der Waals surface area (Å²) in [6.45, 7) is 3.49. The van der Waals surface area contributed by atoms with E-state index in [1.807, 2.05) is 6.92 Å². The molecule has 0 aromatic heterocycles. The molecule has 1 aliphatic rings. The van der Waals surface area contributed by atoms with Crippen molar-refractivity contribution >= 4 is 15.9 Å². The standard InChI is InChI=1S/C15H22BrNO2/c1-3-19-15-13(16)8-11(9-14(15)18-2)10-17-12-6-4-5-7-12/h8-9,12,17H,3-7,10H2,1-2H3. The van der Waals surface area contributed by atoms with Crippen molar-refractivity contribution in [2.75, 3.05) is 13.7 Å². The maximum atomic E-state index is 5.60. The van der Waals surface area contributed by atoms with Gasteiger partial charge in [-0.2, -0.15) is 0 Å². The molecule has 0 spiro atoms. The molecule has 4 heteroatoms. The van der Waals surface area contributed by atoms with Crippen LogP contribution in [0.1, 0.15) is 38.2 Å². The number of benzene rings is 1. The Hall–Kier alpha value is -0.740. The van der Waals surface area contributed by atoms with Gasteiger partial charge in [0, 0.05) is 12.6 Å². The number of rotatable bonds is 6. The number of hydrogen-bond donors (Lipinski definition) is 1. The molecule has 1 aliphatic carbocycles. The van der Waals surface area contributed by atoms with Crippen molar-refractivity contribution in [1.82, 2.24) is 5.32 Å². The zero-order valence-electron chi connectivity index (χ0n) is 11.7. The van der Waals surface area contributed by atoms with Crippen LogP contribution in [0.3, 0.4) is 0 Å². The first-order chi connectivity index (χ1) is 9.24. The summed E-state index contributed by atoms with van der Waals surface area (Å²) in [5.74, 6) is 1.58. The van der Waals surface area contributed by atoms with Crippen molar-refractivity contribution in [2.45, 2.75) is 45.2 Å². The van der Waals surface area contributed by atoms with Gasteiger partial charge in [0.2, 0.25) is 0 Å². The molecule has 3 nitrogen and oxygen atoms in total. The van der Waals surface area contributed by atoms with E-state index in [2.05, 4.69) is 33.4 Å². The fourth-order valence-corrected chi connectivity index (χ4v) is 3.16. The first kappa shape index (κ1) is 14.7. The lowest BCUT2D eigenvalue weighted by Gasteiger charge is -2.15. The van der Waals surface area contributed by atoms with Crippen LogP contribution in [0.15, 0.2) is 16.6 Å². The Labute approximate surface area is 123 Å². The van der Waals surface area contributed by atoms with E-state index in [4.69, 9.17) is 9.47 Å². The molecule has 2 rings (SSSR count). The third kappa shape index (κ3) is 3.86. The SMILES string of the molecule is CCOc1c(Br)cc(CNC2CCCC2)cc1OC. The summed E-state index contributed by atoms with van der Waals surface area (Å²) in [5, 5.41) is 3.61. The molecule has 1 aromatic rings. The molecule has 0 heterocycles. The summed E-state index contributed by atoms with van der Waals surface area (Å²) in [5.41, 5.74) is 1.22. The average molecular weight is 328 g/mol. The largest absolute Gasteiger partial charge is 0.493 e. The summed E-state index contributed by atoms with van der Waals surface area (Å²) in [6, 6.07) is 4.84. The van der Waals surface area contributed by atoms with Crippen molar-refractivity contribution in [3.05, 3.63) is 22.2 Å². The van der Waals surface area contributed by atoms with Crippen LogP contribution < -0.4 is 14.8 Å². The van der Waals surface area contributed by atoms with Crippen LogP contribution in [0.4, 0.5) is 0 Å². The zero-order valence-corrected chi connectivity index (χ0v) is 13.3. The van der Waals surface area contributed by atoms with Crippen LogP contribution in [-0.4, -0.2) is 19.8 Å². The van der Waals surface area contributed by atoms with E-state index in [9.17, 15) is 0 Å². The highest BCUT2D eigenvalue weighted by molar-refractivity contribution is 9.10. The van der Waals surface area contributed by atoms with E-state index in [1.165, 1.54) is 31.2 Å². The van der Waals surface area contributed by atoms with Gasteiger partial charge in [0.1, 0.15) is 0 Å². The molecule has 0 unspecified atom stereocenters. The monoisotopic (exact) mass is 327 g/mol. The van der Waals surface area contributed by atoms with E-state index < -0.39 is 0 Å². The van der Waals surface area contributed by atoms with Crippen molar-refractivity contribution in [3.8, 4) is 11.5 Å². The minimum Gasteiger partial charge on any atom is -0.493 e. The van der Waals surface area contributed by atoms with Crippen LogP contribution in [0, 0.1) is 0 Å². The Morgan fingerprint density at radius 1 is 1.32 bits per heavy atom. The van der Waals surface area contributed by atoms with Crippen LogP contribution >= 0.6 is 15.9 Å². The summed E-state index contributed by atoms with van der Waals surface area (Å²) >= 11 is 3.56. The minimum absolute atomic E-state index is 0.634. The predicted molar refractivity (Wildman–Crippen MR) is 81.0 cm³/mol. The van der Waals surface area contributed by atoms with Crippen molar-refractivity contribution in [2.24, 2.45) is 0 Å². The Balaban J connectivity index is 2.06. The van der Waals surface area contributed by atoms with E-state index in [-0.39, 0.29) is 0 Å². The van der Waals surface area contributed by atoms with Gasteiger partial charge in [-0.15, -0.1) is 0 Å². The number of halogens is 1. The molecule has 0 radical (unpaired) electrons. The fraction of sp³-hybridized carbons (Fsp3) is 0.600. The topological polar surface area (TPSA) is 30.5 Å². The van der Waals surface area contributed by atoms with Crippen LogP contribution in [0.5, 0.6) is 11.5 Å². The number of nitrogens with one attached hydrogen (secondary N) is 1. The highest BCUT2D eigenvalue weighted by Crippen LogP contribution is 2.36. The third-order valence-electron chi connectivity index (χ3n) is 3.53. The van der Waals surface area contributed by atoms with Gasteiger partial charge < -0.3 is 14.8 Å². The molecule has 1 N–H and O–H groups in total. The van der Waals surface area contributed by atoms with Crippen LogP contribution in [0.2, 0.25) is 0 Å². The molecule has 106 valence electrons. The summed E-state index contributed by atoms with van der Waals surface area (Å²) in [6.07, 6.45) is 5.31. The van der Waals surface area contributed by atoms with Gasteiger partial charge in [-0.3, -0.25) is 0 Å². The molecule has 0 aliphatic heterocycles. The lowest BCUT2D eigenvalue weighted by molar-refractivity contribution is 0.308. The summed E-state index contributed by atoms with van der Waals surface area (Å²) in [7, 11) is 1.68. The van der Waals surface area contributed by atoms with E-state index in [1.54, 1.807) is 7.11 Å². The average Bonchev–Trinajstić information content (AvgIpc) is 2.92. The maximum Gasteiger partial charge on any atom is 0.175 e. The molecule has 0 saturated heterocycles. The molecular weight excluding hydrogens is 306 g/mol. The zero-order chi connectivity index (χ0) is 13.7. The van der Waals surface area contributed by atoms with Crippen LogP contribution in [-0.2, 0) is 6.54 Å². The predicted octanol–water partition coefficient (Wildman–Crippen LogP) is 3.89. The molecule has 0 amide bonds. The number of ether oxygens (including phenoxy) is 2. The second-order valence-corrected chi connectivity index (χ2v) is 5.76. The Morgan fingerprint density at radius 2 is 2.05 bits per heavy atom. The second-order valence-electron chi connectivity index (χ2n) is 4.90. The van der Waals surface area contributed by atoms with E-state index in [0.717, 1.165) is 22.5 Å². The first-order valence-electron chi connectivity index (χ1n) is 6.97. The molecule has 1 fully saturated rings. The van der Waals surface area contributed by atoms with Gasteiger partial charge in [0.25, 0.3) is 0 Å². The van der Waals surface area contributed by atoms with Gasteiger partial charge in [-0.05, 0) is 53.4 Å². The lowest BCUT2D eigenvalue weighted by atomic mass is 10.1. The van der Waals surface area contributed by atoms with Gasteiger partial charge >= 0.3 is 0 Å². The maximum absolute atomic E-state index is 5.60. The highest BCUT2D eigenvalue weighted by Gasteiger charge is 2.15. The second kappa shape index (κ2) is 7.15. The smallest absolute Gasteiger partial charge is 0.175 e. The van der Waals surface area contributed by atoms with E-state index in [0.29, 0.717) is 12.6 Å². The number of hydrogen-bond acceptors (Lipinski definition) is 3. The van der Waals surface area contributed by atoms with Gasteiger partial charge in [-0.1, -0.05) is 12.8 Å². The third-order valence-corrected chi connectivity index (χ3v) is 4.12. The van der Waals surface area contributed by atoms with Gasteiger partial charge in [-0.25, -0.2) is 0 Å². The summed E-state index contributed by atoms with van der Waals surface area (Å²) < 4.78 is 12.0.